The van der Waals surface area contributed by atoms with E-state index in [-0.39, 0.29) is 19.4 Å². The second kappa shape index (κ2) is 7.06. The van der Waals surface area contributed by atoms with Crippen LogP contribution in [-0.2, 0) is 22.5 Å². The van der Waals surface area contributed by atoms with Gasteiger partial charge in [0.05, 0.1) is 0 Å². The number of benzene rings is 1. The summed E-state index contributed by atoms with van der Waals surface area (Å²) >= 11 is 0. The van der Waals surface area contributed by atoms with Gasteiger partial charge in [0, 0.05) is 13.0 Å². The van der Waals surface area contributed by atoms with Crippen molar-refractivity contribution < 1.29 is 23.8 Å². The number of alkyl carbamates (subject to hydrolysis) is 1. The predicted octanol–water partition coefficient (Wildman–Crippen LogP) is 2.87. The van der Waals surface area contributed by atoms with Crippen molar-refractivity contribution in [2.24, 2.45) is 0 Å². The Morgan fingerprint density at radius 3 is 2.52 bits per heavy atom. The molecule has 0 aromatic heterocycles. The number of aliphatic carboxylic acids is 1. The van der Waals surface area contributed by atoms with E-state index in [0.717, 1.165) is 0 Å². The zero-order chi connectivity index (χ0) is 16.0. The minimum absolute atomic E-state index is 0.119. The maximum atomic E-state index is 13.8. The van der Waals surface area contributed by atoms with Gasteiger partial charge in [0.2, 0.25) is 0 Å². The smallest absolute Gasteiger partial charge is 0.407 e. The Labute approximate surface area is 123 Å². The van der Waals surface area contributed by atoms with Crippen LogP contribution in [0.5, 0.6) is 0 Å². The van der Waals surface area contributed by atoms with Crippen LogP contribution in [0.3, 0.4) is 0 Å². The monoisotopic (exact) mass is 297 g/mol. The van der Waals surface area contributed by atoms with E-state index in [0.29, 0.717) is 11.1 Å². The highest BCUT2D eigenvalue weighted by Crippen LogP contribution is 2.13. The molecule has 0 aliphatic heterocycles. The number of carbonyl (C=O) groups is 2. The normalized spacial score (nSPS) is 11.0. The van der Waals surface area contributed by atoms with Crippen LogP contribution in [0.15, 0.2) is 18.2 Å². The van der Waals surface area contributed by atoms with E-state index in [2.05, 4.69) is 5.32 Å². The number of nitrogens with one attached hydrogen (secondary N) is 1. The Hall–Kier alpha value is -2.11. The number of carboxylic acids is 1. The first-order chi connectivity index (χ1) is 9.67. The van der Waals surface area contributed by atoms with Gasteiger partial charge in [-0.25, -0.2) is 9.18 Å². The van der Waals surface area contributed by atoms with Crippen LogP contribution >= 0.6 is 0 Å². The molecule has 0 saturated carbocycles. The van der Waals surface area contributed by atoms with Gasteiger partial charge in [0.25, 0.3) is 0 Å². The lowest BCUT2D eigenvalue weighted by Crippen LogP contribution is -2.32. The van der Waals surface area contributed by atoms with E-state index in [1.807, 2.05) is 0 Å². The second-order valence-electron chi connectivity index (χ2n) is 5.67. The third-order valence-electron chi connectivity index (χ3n) is 2.56. The fourth-order valence-electron chi connectivity index (χ4n) is 1.63. The molecule has 1 rings (SSSR count). The first-order valence-corrected chi connectivity index (χ1v) is 6.63. The summed E-state index contributed by atoms with van der Waals surface area (Å²) < 4.78 is 18.8. The van der Waals surface area contributed by atoms with E-state index in [1.54, 1.807) is 26.8 Å². The molecule has 0 aliphatic rings. The molecule has 1 amide bonds. The molecule has 1 aromatic carbocycles. The third kappa shape index (κ3) is 6.74. The summed E-state index contributed by atoms with van der Waals surface area (Å²) in [5.41, 5.74) is 0.339. The molecule has 0 bridgehead atoms. The van der Waals surface area contributed by atoms with Crippen LogP contribution in [0.1, 0.15) is 38.3 Å². The van der Waals surface area contributed by atoms with Crippen LogP contribution in [-0.4, -0.2) is 22.8 Å². The van der Waals surface area contributed by atoms with Crippen LogP contribution in [0.4, 0.5) is 9.18 Å². The number of carbonyl (C=O) groups excluding carboxylic acids is 1. The molecule has 0 unspecified atom stereocenters. The van der Waals surface area contributed by atoms with Crippen molar-refractivity contribution in [2.75, 3.05) is 0 Å². The van der Waals surface area contributed by atoms with Gasteiger partial charge in [0.1, 0.15) is 11.4 Å². The standard InChI is InChI=1S/C15H20FNO4/c1-15(2,3)21-14(20)17-9-10-4-5-11(12(16)8-10)6-7-13(18)19/h4-5,8H,6-7,9H2,1-3H3,(H,17,20)(H,18,19). The number of aryl methyl sites for hydroxylation is 1. The summed E-state index contributed by atoms with van der Waals surface area (Å²) in [6.45, 7) is 5.40. The largest absolute Gasteiger partial charge is 0.481 e. The highest BCUT2D eigenvalue weighted by molar-refractivity contribution is 5.68. The summed E-state index contributed by atoms with van der Waals surface area (Å²) in [6, 6.07) is 4.47. The number of hydrogen-bond donors (Lipinski definition) is 2. The van der Waals surface area contributed by atoms with Gasteiger partial charge < -0.3 is 15.2 Å². The third-order valence-corrected chi connectivity index (χ3v) is 2.56. The Kier molecular flexibility index (Phi) is 5.69. The van der Waals surface area contributed by atoms with Crippen molar-refractivity contribution >= 4 is 12.1 Å². The van der Waals surface area contributed by atoms with E-state index in [9.17, 15) is 14.0 Å². The molecule has 0 fully saturated rings. The Morgan fingerprint density at radius 2 is 2.00 bits per heavy atom. The summed E-state index contributed by atoms with van der Waals surface area (Å²) in [4.78, 5) is 21.9. The van der Waals surface area contributed by atoms with Crippen molar-refractivity contribution in [3.63, 3.8) is 0 Å². The molecular weight excluding hydrogens is 277 g/mol. The highest BCUT2D eigenvalue weighted by Gasteiger charge is 2.15. The molecule has 0 saturated heterocycles. The molecule has 5 nitrogen and oxygen atoms in total. The summed E-state index contributed by atoms with van der Waals surface area (Å²) in [5, 5.41) is 11.1. The molecule has 0 radical (unpaired) electrons. The zero-order valence-electron chi connectivity index (χ0n) is 12.4. The minimum Gasteiger partial charge on any atom is -0.481 e. The number of carboxylic acid groups (broad SMARTS) is 1. The molecule has 0 aliphatic carbocycles. The minimum atomic E-state index is -0.968. The van der Waals surface area contributed by atoms with Crippen LogP contribution in [0.2, 0.25) is 0 Å². The van der Waals surface area contributed by atoms with Crippen molar-refractivity contribution in [1.82, 2.24) is 5.32 Å². The van der Waals surface area contributed by atoms with E-state index in [4.69, 9.17) is 9.84 Å². The Balaban J connectivity index is 2.56. The molecule has 0 spiro atoms. The molecule has 1 aromatic rings. The van der Waals surface area contributed by atoms with Gasteiger partial charge >= 0.3 is 12.1 Å². The summed E-state index contributed by atoms with van der Waals surface area (Å²) in [7, 11) is 0. The summed E-state index contributed by atoms with van der Waals surface area (Å²) in [5.74, 6) is -1.44. The van der Waals surface area contributed by atoms with Crippen molar-refractivity contribution in [3.8, 4) is 0 Å². The lowest BCUT2D eigenvalue weighted by atomic mass is 10.1. The predicted molar refractivity (Wildman–Crippen MR) is 75.4 cm³/mol. The molecule has 116 valence electrons. The number of ether oxygens (including phenoxy) is 1. The van der Waals surface area contributed by atoms with Crippen LogP contribution in [0.25, 0.3) is 0 Å². The lowest BCUT2D eigenvalue weighted by Gasteiger charge is -2.19. The fraction of sp³-hybridized carbons (Fsp3) is 0.467. The summed E-state index contributed by atoms with van der Waals surface area (Å²) in [6.07, 6.45) is -0.550. The van der Waals surface area contributed by atoms with Gasteiger partial charge in [-0.15, -0.1) is 0 Å². The van der Waals surface area contributed by atoms with Crippen LogP contribution in [0, 0.1) is 5.82 Å². The van der Waals surface area contributed by atoms with Gasteiger partial charge in [-0.2, -0.15) is 0 Å². The van der Waals surface area contributed by atoms with E-state index >= 15 is 0 Å². The first kappa shape index (κ1) is 16.9. The quantitative estimate of drug-likeness (QED) is 0.876. The number of hydrogen-bond acceptors (Lipinski definition) is 3. The van der Waals surface area contributed by atoms with Crippen molar-refractivity contribution in [2.45, 2.75) is 45.8 Å². The molecule has 0 atom stereocenters. The average molecular weight is 297 g/mol. The Bertz CT molecular complexity index is 523. The number of halogens is 1. The van der Waals surface area contributed by atoms with Crippen molar-refractivity contribution in [3.05, 3.63) is 35.1 Å². The SMILES string of the molecule is CC(C)(C)OC(=O)NCc1ccc(CCC(=O)O)c(F)c1. The van der Waals surface area contributed by atoms with E-state index < -0.39 is 23.5 Å². The van der Waals surface area contributed by atoms with Gasteiger partial charge in [-0.05, 0) is 44.4 Å². The zero-order valence-corrected chi connectivity index (χ0v) is 12.4. The topological polar surface area (TPSA) is 75.6 Å². The second-order valence-corrected chi connectivity index (χ2v) is 5.67. The molecule has 6 heteroatoms. The molecule has 21 heavy (non-hydrogen) atoms. The maximum Gasteiger partial charge on any atom is 0.407 e. The van der Waals surface area contributed by atoms with E-state index in [1.165, 1.54) is 12.1 Å². The molecular formula is C15H20FNO4. The lowest BCUT2D eigenvalue weighted by molar-refractivity contribution is -0.136. The number of rotatable bonds is 5. The Morgan fingerprint density at radius 1 is 1.33 bits per heavy atom. The first-order valence-electron chi connectivity index (χ1n) is 6.63. The maximum absolute atomic E-state index is 13.8. The van der Waals surface area contributed by atoms with Gasteiger partial charge in [-0.3, -0.25) is 4.79 Å². The molecule has 2 N–H and O–H groups in total. The highest BCUT2D eigenvalue weighted by atomic mass is 19.1. The molecule has 0 heterocycles. The van der Waals surface area contributed by atoms with Crippen LogP contribution < -0.4 is 5.32 Å². The van der Waals surface area contributed by atoms with Gasteiger partial charge in [0.15, 0.2) is 0 Å². The average Bonchev–Trinajstić information content (AvgIpc) is 2.33. The van der Waals surface area contributed by atoms with Crippen molar-refractivity contribution in [1.29, 1.82) is 0 Å². The fourth-order valence-corrected chi connectivity index (χ4v) is 1.63. The number of amides is 1. The van der Waals surface area contributed by atoms with Gasteiger partial charge in [-0.1, -0.05) is 12.1 Å².